The summed E-state index contributed by atoms with van der Waals surface area (Å²) in [6.07, 6.45) is 4.68. The normalized spacial score (nSPS) is 13.6. The predicted octanol–water partition coefficient (Wildman–Crippen LogP) is 1.43. The fourth-order valence-corrected chi connectivity index (χ4v) is 2.46. The van der Waals surface area contributed by atoms with E-state index < -0.39 is 0 Å². The molecule has 1 aliphatic carbocycles. The third-order valence-electron chi connectivity index (χ3n) is 3.33. The Morgan fingerprint density at radius 2 is 2.44 bits per heavy atom. The van der Waals surface area contributed by atoms with E-state index in [0.717, 1.165) is 30.6 Å². The number of aromatic nitrogens is 2. The van der Waals surface area contributed by atoms with Crippen LogP contribution in [0.1, 0.15) is 33.9 Å². The van der Waals surface area contributed by atoms with Gasteiger partial charge in [-0.15, -0.1) is 0 Å². The second kappa shape index (κ2) is 4.33. The third kappa shape index (κ3) is 1.81. The Morgan fingerprint density at radius 3 is 3.22 bits per heavy atom. The van der Waals surface area contributed by atoms with Crippen molar-refractivity contribution in [3.05, 3.63) is 41.1 Å². The number of furan rings is 1. The van der Waals surface area contributed by atoms with Gasteiger partial charge in [0, 0.05) is 18.3 Å². The van der Waals surface area contributed by atoms with Crippen LogP contribution in [0.25, 0.3) is 0 Å². The van der Waals surface area contributed by atoms with Crippen molar-refractivity contribution in [2.45, 2.75) is 25.8 Å². The van der Waals surface area contributed by atoms with Crippen LogP contribution in [0.2, 0.25) is 0 Å². The van der Waals surface area contributed by atoms with Crippen molar-refractivity contribution in [2.75, 3.05) is 0 Å². The summed E-state index contributed by atoms with van der Waals surface area (Å²) >= 11 is 0. The number of hydrogen-bond donors (Lipinski definition) is 1. The van der Waals surface area contributed by atoms with Crippen LogP contribution in [0.4, 0.5) is 0 Å². The zero-order valence-corrected chi connectivity index (χ0v) is 10.3. The Balaban J connectivity index is 1.75. The van der Waals surface area contributed by atoms with Gasteiger partial charge in [-0.3, -0.25) is 9.48 Å². The molecule has 0 atom stereocenters. The maximum atomic E-state index is 12.1. The van der Waals surface area contributed by atoms with Gasteiger partial charge in [0.25, 0.3) is 5.91 Å². The van der Waals surface area contributed by atoms with E-state index in [0.29, 0.717) is 12.2 Å². The molecule has 5 heteroatoms. The molecule has 0 spiro atoms. The quantitative estimate of drug-likeness (QED) is 0.890. The third-order valence-corrected chi connectivity index (χ3v) is 3.33. The number of nitrogens with zero attached hydrogens (tertiary/aromatic N) is 2. The smallest absolute Gasteiger partial charge is 0.272 e. The number of hydrogen-bond acceptors (Lipinski definition) is 3. The summed E-state index contributed by atoms with van der Waals surface area (Å²) in [6, 6.07) is 3.64. The lowest BCUT2D eigenvalue weighted by Gasteiger charge is -2.01. The van der Waals surface area contributed by atoms with Crippen molar-refractivity contribution in [3.8, 4) is 0 Å². The Morgan fingerprint density at radius 1 is 1.56 bits per heavy atom. The molecule has 3 rings (SSSR count). The van der Waals surface area contributed by atoms with Crippen molar-refractivity contribution in [3.63, 3.8) is 0 Å². The van der Waals surface area contributed by atoms with Crippen LogP contribution >= 0.6 is 0 Å². The van der Waals surface area contributed by atoms with E-state index in [1.807, 2.05) is 17.8 Å². The summed E-state index contributed by atoms with van der Waals surface area (Å²) in [5.41, 5.74) is 2.86. The molecule has 0 bridgehead atoms. The van der Waals surface area contributed by atoms with Crippen molar-refractivity contribution < 1.29 is 9.21 Å². The van der Waals surface area contributed by atoms with Crippen LogP contribution in [0.15, 0.2) is 22.8 Å². The van der Waals surface area contributed by atoms with Crippen LogP contribution in [0.5, 0.6) is 0 Å². The monoisotopic (exact) mass is 245 g/mol. The molecule has 1 amide bonds. The number of nitrogens with one attached hydrogen (secondary N) is 1. The van der Waals surface area contributed by atoms with E-state index in [9.17, 15) is 4.79 Å². The molecule has 0 saturated carbocycles. The molecule has 0 fully saturated rings. The molecule has 0 saturated heterocycles. The molecule has 1 N–H and O–H groups in total. The van der Waals surface area contributed by atoms with Gasteiger partial charge in [-0.2, -0.15) is 5.10 Å². The summed E-state index contributed by atoms with van der Waals surface area (Å²) in [5.74, 6) is 0.626. The Labute approximate surface area is 105 Å². The first-order chi connectivity index (χ1) is 8.75. The highest BCUT2D eigenvalue weighted by Crippen LogP contribution is 2.24. The highest BCUT2D eigenvalue weighted by Gasteiger charge is 2.24. The van der Waals surface area contributed by atoms with E-state index in [-0.39, 0.29) is 5.91 Å². The molecule has 0 radical (unpaired) electrons. The maximum Gasteiger partial charge on any atom is 0.272 e. The van der Waals surface area contributed by atoms with Crippen molar-refractivity contribution in [2.24, 2.45) is 7.05 Å². The summed E-state index contributed by atoms with van der Waals surface area (Å²) in [5, 5.41) is 7.14. The first kappa shape index (κ1) is 11.1. The van der Waals surface area contributed by atoms with E-state index >= 15 is 0 Å². The fraction of sp³-hybridized carbons (Fsp3) is 0.385. The zero-order chi connectivity index (χ0) is 12.5. The largest absolute Gasteiger partial charge is 0.467 e. The molecule has 2 aromatic rings. The molecule has 0 unspecified atom stereocenters. The molecule has 94 valence electrons. The topological polar surface area (TPSA) is 60.1 Å². The Hall–Kier alpha value is -2.04. The SMILES string of the molecule is Cn1nc(C(=O)NCc2ccco2)c2c1CCC2. The van der Waals surface area contributed by atoms with E-state index in [1.165, 1.54) is 5.69 Å². The van der Waals surface area contributed by atoms with Gasteiger partial charge in [0.15, 0.2) is 5.69 Å². The second-order valence-corrected chi connectivity index (χ2v) is 4.51. The lowest BCUT2D eigenvalue weighted by molar-refractivity contribution is 0.0941. The standard InChI is InChI=1S/C13H15N3O2/c1-16-11-6-2-5-10(11)12(15-16)13(17)14-8-9-4-3-7-18-9/h3-4,7H,2,5-6,8H2,1H3,(H,14,17). The van der Waals surface area contributed by atoms with Gasteiger partial charge in [-0.1, -0.05) is 0 Å². The summed E-state index contributed by atoms with van der Waals surface area (Å²) in [4.78, 5) is 12.1. The second-order valence-electron chi connectivity index (χ2n) is 4.51. The molecule has 2 aromatic heterocycles. The predicted molar refractivity (Wildman–Crippen MR) is 65.1 cm³/mol. The molecule has 0 aromatic carbocycles. The molecule has 18 heavy (non-hydrogen) atoms. The van der Waals surface area contributed by atoms with E-state index in [2.05, 4.69) is 10.4 Å². The molecular formula is C13H15N3O2. The van der Waals surface area contributed by atoms with Gasteiger partial charge in [0.1, 0.15) is 5.76 Å². The number of aryl methyl sites for hydroxylation is 1. The maximum absolute atomic E-state index is 12.1. The van der Waals surface area contributed by atoms with Gasteiger partial charge in [-0.25, -0.2) is 0 Å². The highest BCUT2D eigenvalue weighted by atomic mass is 16.3. The molecule has 1 aliphatic rings. The van der Waals surface area contributed by atoms with Crippen molar-refractivity contribution >= 4 is 5.91 Å². The number of carbonyl (C=O) groups is 1. The number of fused-ring (bicyclic) bond motifs is 1. The first-order valence-corrected chi connectivity index (χ1v) is 6.11. The van der Waals surface area contributed by atoms with Gasteiger partial charge in [-0.05, 0) is 31.4 Å². The van der Waals surface area contributed by atoms with Gasteiger partial charge in [0.2, 0.25) is 0 Å². The molecule has 2 heterocycles. The van der Waals surface area contributed by atoms with Crippen molar-refractivity contribution in [1.82, 2.24) is 15.1 Å². The summed E-state index contributed by atoms with van der Waals surface area (Å²) < 4.78 is 7.00. The lowest BCUT2D eigenvalue weighted by Crippen LogP contribution is -2.24. The lowest BCUT2D eigenvalue weighted by atomic mass is 10.2. The van der Waals surface area contributed by atoms with Crippen LogP contribution in [0.3, 0.4) is 0 Å². The van der Waals surface area contributed by atoms with Gasteiger partial charge >= 0.3 is 0 Å². The molecular weight excluding hydrogens is 230 g/mol. The average molecular weight is 245 g/mol. The minimum absolute atomic E-state index is 0.120. The molecule has 0 aliphatic heterocycles. The fourth-order valence-electron chi connectivity index (χ4n) is 2.46. The minimum Gasteiger partial charge on any atom is -0.467 e. The Bertz CT molecular complexity index is 569. The number of carbonyl (C=O) groups excluding carboxylic acids is 1. The number of rotatable bonds is 3. The summed E-state index contributed by atoms with van der Waals surface area (Å²) in [7, 11) is 1.90. The number of amides is 1. The van der Waals surface area contributed by atoms with Gasteiger partial charge in [0.05, 0.1) is 12.8 Å². The van der Waals surface area contributed by atoms with Gasteiger partial charge < -0.3 is 9.73 Å². The van der Waals surface area contributed by atoms with Crippen LogP contribution in [-0.4, -0.2) is 15.7 Å². The minimum atomic E-state index is -0.120. The molecule has 5 nitrogen and oxygen atoms in total. The van der Waals surface area contributed by atoms with E-state index in [4.69, 9.17) is 4.42 Å². The zero-order valence-electron chi connectivity index (χ0n) is 10.3. The summed E-state index contributed by atoms with van der Waals surface area (Å²) in [6.45, 7) is 0.400. The van der Waals surface area contributed by atoms with Crippen LogP contribution in [-0.2, 0) is 26.4 Å². The van der Waals surface area contributed by atoms with Crippen LogP contribution < -0.4 is 5.32 Å². The first-order valence-electron chi connectivity index (χ1n) is 6.11. The average Bonchev–Trinajstić information content (AvgIpc) is 3.04. The van der Waals surface area contributed by atoms with Crippen molar-refractivity contribution in [1.29, 1.82) is 0 Å². The van der Waals surface area contributed by atoms with Crippen LogP contribution in [0, 0.1) is 0 Å². The highest BCUT2D eigenvalue weighted by molar-refractivity contribution is 5.94. The van der Waals surface area contributed by atoms with E-state index in [1.54, 1.807) is 12.3 Å². The Kier molecular flexibility index (Phi) is 2.66.